The number of carboxylic acids is 1. The maximum Gasteiger partial charge on any atom is 0.326 e. The third-order valence-corrected chi connectivity index (χ3v) is 3.88. The lowest BCUT2D eigenvalue weighted by Gasteiger charge is -2.12. The molecule has 0 aromatic carbocycles. The molecule has 0 spiro atoms. The van der Waals surface area contributed by atoms with Crippen LogP contribution < -0.4 is 5.32 Å². The van der Waals surface area contributed by atoms with E-state index in [0.29, 0.717) is 22.7 Å². The van der Waals surface area contributed by atoms with Crippen LogP contribution in [0.4, 0.5) is 0 Å². The summed E-state index contributed by atoms with van der Waals surface area (Å²) in [7, 11) is 0. The fraction of sp³-hybridized carbons (Fsp3) is 0.286. The average Bonchev–Trinajstić information content (AvgIpc) is 2.97. The number of aromatic nitrogens is 2. The minimum absolute atomic E-state index is 0.393. The molecule has 1 amide bonds. The fourth-order valence-electron chi connectivity index (χ4n) is 1.78. The van der Waals surface area contributed by atoms with Gasteiger partial charge in [-0.2, -0.15) is 0 Å². The number of aliphatic carboxylic acids is 1. The quantitative estimate of drug-likeness (QED) is 0.853. The number of rotatable bonds is 6. The van der Waals surface area contributed by atoms with E-state index in [2.05, 4.69) is 15.3 Å². The Morgan fingerprint density at radius 3 is 2.71 bits per heavy atom. The van der Waals surface area contributed by atoms with E-state index in [-0.39, 0.29) is 0 Å². The van der Waals surface area contributed by atoms with Crippen LogP contribution in [-0.2, 0) is 4.79 Å². The molecule has 2 N–H and O–H groups in total. The minimum Gasteiger partial charge on any atom is -0.480 e. The Balaban J connectivity index is 2.10. The van der Waals surface area contributed by atoms with Crippen LogP contribution in [0.3, 0.4) is 0 Å². The zero-order chi connectivity index (χ0) is 15.2. The molecule has 2 aromatic rings. The number of pyridine rings is 1. The molecular weight excluding hydrogens is 290 g/mol. The number of hydrogen-bond acceptors (Lipinski definition) is 5. The van der Waals surface area contributed by atoms with E-state index in [4.69, 9.17) is 5.11 Å². The molecule has 1 atom stereocenters. The maximum atomic E-state index is 12.1. The van der Waals surface area contributed by atoms with Gasteiger partial charge in [0.2, 0.25) is 0 Å². The number of hydrogen-bond donors (Lipinski definition) is 2. The lowest BCUT2D eigenvalue weighted by atomic mass is 10.1. The Hall–Kier alpha value is -2.28. The van der Waals surface area contributed by atoms with E-state index in [0.717, 1.165) is 5.56 Å². The summed E-state index contributed by atoms with van der Waals surface area (Å²) in [4.78, 5) is 31.6. The molecule has 110 valence electrons. The van der Waals surface area contributed by atoms with E-state index in [9.17, 15) is 9.59 Å². The second-order valence-corrected chi connectivity index (χ2v) is 5.45. The molecule has 0 radical (unpaired) electrons. The first-order valence-electron chi connectivity index (χ1n) is 6.51. The van der Waals surface area contributed by atoms with Crippen molar-refractivity contribution in [2.45, 2.75) is 25.8 Å². The summed E-state index contributed by atoms with van der Waals surface area (Å²) >= 11 is 1.22. The molecule has 1 unspecified atom stereocenters. The Labute approximate surface area is 125 Å². The first-order valence-corrected chi connectivity index (χ1v) is 7.33. The molecule has 0 saturated heterocycles. The van der Waals surface area contributed by atoms with Crippen molar-refractivity contribution in [2.24, 2.45) is 0 Å². The van der Waals surface area contributed by atoms with Crippen molar-refractivity contribution in [1.29, 1.82) is 0 Å². The van der Waals surface area contributed by atoms with Crippen LogP contribution in [0.1, 0.15) is 29.4 Å². The topological polar surface area (TPSA) is 92.2 Å². The number of carbonyl (C=O) groups is 2. The molecule has 2 rings (SSSR count). The second kappa shape index (κ2) is 6.94. The highest BCUT2D eigenvalue weighted by Gasteiger charge is 2.21. The molecule has 6 nitrogen and oxygen atoms in total. The SMILES string of the molecule is CCCC(NC(=O)c1cnc(-c2ccncc2)s1)C(=O)O. The lowest BCUT2D eigenvalue weighted by molar-refractivity contribution is -0.139. The van der Waals surface area contributed by atoms with Gasteiger partial charge in [-0.15, -0.1) is 11.3 Å². The highest BCUT2D eigenvalue weighted by molar-refractivity contribution is 7.16. The molecule has 2 aromatic heterocycles. The molecule has 0 fully saturated rings. The number of carbonyl (C=O) groups excluding carboxylic acids is 1. The summed E-state index contributed by atoms with van der Waals surface area (Å²) in [6.45, 7) is 1.87. The summed E-state index contributed by atoms with van der Waals surface area (Å²) < 4.78 is 0. The van der Waals surface area contributed by atoms with Crippen molar-refractivity contribution in [3.8, 4) is 10.6 Å². The van der Waals surface area contributed by atoms with Gasteiger partial charge in [0.15, 0.2) is 0 Å². The van der Waals surface area contributed by atoms with Gasteiger partial charge in [0, 0.05) is 18.0 Å². The van der Waals surface area contributed by atoms with Crippen LogP contribution in [0.5, 0.6) is 0 Å². The number of amides is 1. The smallest absolute Gasteiger partial charge is 0.326 e. The third kappa shape index (κ3) is 3.85. The molecular formula is C14H15N3O3S. The minimum atomic E-state index is -1.02. The summed E-state index contributed by atoms with van der Waals surface area (Å²) in [5, 5.41) is 12.3. The molecule has 0 aliphatic heterocycles. The van der Waals surface area contributed by atoms with Crippen molar-refractivity contribution in [2.75, 3.05) is 0 Å². The van der Waals surface area contributed by atoms with Crippen molar-refractivity contribution in [1.82, 2.24) is 15.3 Å². The van der Waals surface area contributed by atoms with Gasteiger partial charge in [0.25, 0.3) is 5.91 Å². The van der Waals surface area contributed by atoms with Crippen LogP contribution in [0.25, 0.3) is 10.6 Å². The molecule has 0 bridgehead atoms. The molecule has 0 aliphatic carbocycles. The monoisotopic (exact) mass is 305 g/mol. The number of carboxylic acid groups (broad SMARTS) is 1. The van der Waals surface area contributed by atoms with Gasteiger partial charge in [-0.1, -0.05) is 13.3 Å². The van der Waals surface area contributed by atoms with Crippen molar-refractivity contribution in [3.63, 3.8) is 0 Å². The van der Waals surface area contributed by atoms with E-state index in [1.54, 1.807) is 24.5 Å². The van der Waals surface area contributed by atoms with Gasteiger partial charge in [-0.3, -0.25) is 9.78 Å². The van der Waals surface area contributed by atoms with Crippen LogP contribution >= 0.6 is 11.3 Å². The summed E-state index contributed by atoms with van der Waals surface area (Å²) in [5.41, 5.74) is 0.873. The lowest BCUT2D eigenvalue weighted by Crippen LogP contribution is -2.40. The standard InChI is InChI=1S/C14H15N3O3S/c1-2-3-10(14(19)20)17-12(18)11-8-16-13(21-11)9-4-6-15-7-5-9/h4-8,10H,2-3H2,1H3,(H,17,18)(H,19,20). The van der Waals surface area contributed by atoms with Gasteiger partial charge in [0.1, 0.15) is 15.9 Å². The van der Waals surface area contributed by atoms with Gasteiger partial charge in [-0.05, 0) is 18.6 Å². The van der Waals surface area contributed by atoms with Crippen LogP contribution in [0.2, 0.25) is 0 Å². The van der Waals surface area contributed by atoms with Crippen LogP contribution in [-0.4, -0.2) is 33.0 Å². The van der Waals surface area contributed by atoms with Gasteiger partial charge in [0.05, 0.1) is 6.20 Å². The first-order chi connectivity index (χ1) is 10.1. The first kappa shape index (κ1) is 15.1. The van der Waals surface area contributed by atoms with Crippen molar-refractivity contribution >= 4 is 23.2 Å². The largest absolute Gasteiger partial charge is 0.480 e. The van der Waals surface area contributed by atoms with Crippen molar-refractivity contribution in [3.05, 3.63) is 35.6 Å². The molecule has 2 heterocycles. The predicted octanol–water partition coefficient (Wildman–Crippen LogP) is 2.19. The normalized spacial score (nSPS) is 11.9. The maximum absolute atomic E-state index is 12.1. The van der Waals surface area contributed by atoms with Gasteiger partial charge in [-0.25, -0.2) is 9.78 Å². The van der Waals surface area contributed by atoms with E-state index in [1.807, 2.05) is 6.92 Å². The zero-order valence-corrected chi connectivity index (χ0v) is 12.3. The molecule has 0 aliphatic rings. The fourth-order valence-corrected chi connectivity index (χ4v) is 2.61. The molecule has 21 heavy (non-hydrogen) atoms. The Morgan fingerprint density at radius 2 is 2.10 bits per heavy atom. The summed E-state index contributed by atoms with van der Waals surface area (Å²) in [5.74, 6) is -1.43. The number of nitrogens with one attached hydrogen (secondary N) is 1. The van der Waals surface area contributed by atoms with E-state index in [1.165, 1.54) is 17.5 Å². The average molecular weight is 305 g/mol. The van der Waals surface area contributed by atoms with Crippen molar-refractivity contribution < 1.29 is 14.7 Å². The number of nitrogens with zero attached hydrogens (tertiary/aromatic N) is 2. The van der Waals surface area contributed by atoms with E-state index < -0.39 is 17.9 Å². The predicted molar refractivity (Wildman–Crippen MR) is 79.1 cm³/mol. The summed E-state index contributed by atoms with van der Waals surface area (Å²) in [6, 6.07) is 2.74. The van der Waals surface area contributed by atoms with E-state index >= 15 is 0 Å². The van der Waals surface area contributed by atoms with Crippen LogP contribution in [0.15, 0.2) is 30.7 Å². The Bertz CT molecular complexity index is 627. The molecule has 0 saturated carbocycles. The van der Waals surface area contributed by atoms with Gasteiger partial charge < -0.3 is 10.4 Å². The highest BCUT2D eigenvalue weighted by Crippen LogP contribution is 2.24. The van der Waals surface area contributed by atoms with Gasteiger partial charge >= 0.3 is 5.97 Å². The summed E-state index contributed by atoms with van der Waals surface area (Å²) in [6.07, 6.45) is 5.84. The second-order valence-electron chi connectivity index (χ2n) is 4.42. The molecule has 7 heteroatoms. The Kier molecular flexibility index (Phi) is 4.99. The third-order valence-electron chi connectivity index (χ3n) is 2.84. The van der Waals surface area contributed by atoms with Crippen LogP contribution in [0, 0.1) is 0 Å². The highest BCUT2D eigenvalue weighted by atomic mass is 32.1. The zero-order valence-electron chi connectivity index (χ0n) is 11.4. The Morgan fingerprint density at radius 1 is 1.38 bits per heavy atom. The number of thiazole rings is 1.